The minimum Gasteiger partial charge on any atom is -0.269 e. The number of nitrogens with zero attached hydrogens (tertiary/aromatic N) is 1. The summed E-state index contributed by atoms with van der Waals surface area (Å²) in [5.41, 5.74) is 1.82. The monoisotopic (exact) mass is 295 g/mol. The zero-order valence-corrected chi connectivity index (χ0v) is 12.0. The molecule has 0 atom stereocenters. The van der Waals surface area contributed by atoms with Crippen LogP contribution in [0.2, 0.25) is 0 Å². The third kappa shape index (κ3) is 2.33. The van der Waals surface area contributed by atoms with Crippen LogP contribution in [-0.4, -0.2) is 23.3 Å². The summed E-state index contributed by atoms with van der Waals surface area (Å²) in [7, 11) is 0. The lowest BCUT2D eigenvalue weighted by Crippen LogP contribution is -2.31. The summed E-state index contributed by atoms with van der Waals surface area (Å²) < 4.78 is 14.4. The van der Waals surface area contributed by atoms with Crippen LogP contribution in [0.1, 0.15) is 33.2 Å². The van der Waals surface area contributed by atoms with Crippen molar-refractivity contribution in [2.24, 2.45) is 0 Å². The van der Waals surface area contributed by atoms with Gasteiger partial charge in [0, 0.05) is 0 Å². The van der Waals surface area contributed by atoms with Crippen molar-refractivity contribution in [3.8, 4) is 0 Å². The van der Waals surface area contributed by atoms with E-state index in [0.29, 0.717) is 16.7 Å². The van der Waals surface area contributed by atoms with E-state index in [4.69, 9.17) is 0 Å². The highest BCUT2D eigenvalue weighted by molar-refractivity contribution is 6.21. The highest BCUT2D eigenvalue weighted by Gasteiger charge is 2.35. The molecule has 4 heteroatoms. The van der Waals surface area contributed by atoms with Gasteiger partial charge in [0.2, 0.25) is 0 Å². The summed E-state index contributed by atoms with van der Waals surface area (Å²) in [6, 6.07) is 15.6. The van der Waals surface area contributed by atoms with Gasteiger partial charge in [0.1, 0.15) is 5.83 Å². The molecule has 2 aromatic rings. The number of hydrogen-bond acceptors (Lipinski definition) is 2. The fourth-order valence-electron chi connectivity index (χ4n) is 2.48. The highest BCUT2D eigenvalue weighted by Crippen LogP contribution is 2.26. The number of amides is 2. The lowest BCUT2D eigenvalue weighted by Gasteiger charge is -2.14. The standard InChI is InChI=1S/C18H14FNO2/c1-12(13-7-3-2-4-8-13)16(19)11-20-17(21)14-9-5-6-10-15(14)18(20)22/h2-10H,11H2,1H3. The van der Waals surface area contributed by atoms with Crippen molar-refractivity contribution in [2.45, 2.75) is 6.92 Å². The van der Waals surface area contributed by atoms with Crippen LogP contribution >= 0.6 is 0 Å². The number of imide groups is 1. The van der Waals surface area contributed by atoms with Gasteiger partial charge in [-0.2, -0.15) is 0 Å². The number of carbonyl (C=O) groups excluding carboxylic acids is 2. The molecule has 0 aliphatic carbocycles. The van der Waals surface area contributed by atoms with Crippen LogP contribution in [0, 0.1) is 0 Å². The van der Waals surface area contributed by atoms with Gasteiger partial charge in [0.05, 0.1) is 17.7 Å². The Balaban J connectivity index is 1.89. The zero-order chi connectivity index (χ0) is 15.7. The van der Waals surface area contributed by atoms with Crippen LogP contribution in [0.25, 0.3) is 5.57 Å². The maximum Gasteiger partial charge on any atom is 0.261 e. The van der Waals surface area contributed by atoms with Crippen molar-refractivity contribution in [3.63, 3.8) is 0 Å². The molecule has 2 aromatic carbocycles. The first-order valence-corrected chi connectivity index (χ1v) is 6.95. The number of halogens is 1. The van der Waals surface area contributed by atoms with E-state index >= 15 is 0 Å². The van der Waals surface area contributed by atoms with E-state index in [2.05, 4.69) is 0 Å². The van der Waals surface area contributed by atoms with Crippen molar-refractivity contribution < 1.29 is 14.0 Å². The molecule has 3 rings (SSSR count). The van der Waals surface area contributed by atoms with E-state index in [9.17, 15) is 14.0 Å². The van der Waals surface area contributed by atoms with Crippen LogP contribution in [0.3, 0.4) is 0 Å². The number of fused-ring (bicyclic) bond motifs is 1. The fraction of sp³-hybridized carbons (Fsp3) is 0.111. The average molecular weight is 295 g/mol. The molecule has 2 amide bonds. The second-order valence-corrected chi connectivity index (χ2v) is 5.14. The van der Waals surface area contributed by atoms with E-state index in [1.165, 1.54) is 0 Å². The maximum absolute atomic E-state index is 14.4. The van der Waals surface area contributed by atoms with Crippen LogP contribution in [0.4, 0.5) is 4.39 Å². The van der Waals surface area contributed by atoms with Gasteiger partial charge in [-0.1, -0.05) is 42.5 Å². The predicted octanol–water partition coefficient (Wildman–Crippen LogP) is 3.68. The molecule has 0 saturated carbocycles. The van der Waals surface area contributed by atoms with E-state index in [-0.39, 0.29) is 6.54 Å². The number of carbonyl (C=O) groups is 2. The summed E-state index contributed by atoms with van der Waals surface area (Å²) >= 11 is 0. The van der Waals surface area contributed by atoms with E-state index in [0.717, 1.165) is 10.5 Å². The number of allylic oxidation sites excluding steroid dienone is 1. The minimum atomic E-state index is -0.485. The first-order valence-electron chi connectivity index (χ1n) is 6.95. The summed E-state index contributed by atoms with van der Waals surface area (Å²) in [4.78, 5) is 25.4. The van der Waals surface area contributed by atoms with Crippen molar-refractivity contribution in [2.75, 3.05) is 6.54 Å². The molecule has 0 spiro atoms. The summed E-state index contributed by atoms with van der Waals surface area (Å²) in [5, 5.41) is 0. The Bertz CT molecular complexity index is 746. The maximum atomic E-state index is 14.4. The molecule has 22 heavy (non-hydrogen) atoms. The highest BCUT2D eigenvalue weighted by atomic mass is 19.1. The number of hydrogen-bond donors (Lipinski definition) is 0. The zero-order valence-electron chi connectivity index (χ0n) is 12.0. The third-order valence-corrected chi connectivity index (χ3v) is 3.79. The van der Waals surface area contributed by atoms with E-state index in [1.807, 2.05) is 18.2 Å². The van der Waals surface area contributed by atoms with Crippen molar-refractivity contribution in [1.82, 2.24) is 4.90 Å². The first-order chi connectivity index (χ1) is 10.6. The SMILES string of the molecule is CC(=C(F)CN1C(=O)c2ccccc2C1=O)c1ccccc1. The summed E-state index contributed by atoms with van der Waals surface area (Å²) in [6.07, 6.45) is 0. The average Bonchev–Trinajstić information content (AvgIpc) is 2.80. The Hall–Kier alpha value is -2.75. The molecule has 0 N–H and O–H groups in total. The molecule has 0 fully saturated rings. The molecule has 0 radical (unpaired) electrons. The van der Waals surface area contributed by atoms with Gasteiger partial charge >= 0.3 is 0 Å². The molecule has 0 bridgehead atoms. The predicted molar refractivity (Wildman–Crippen MR) is 82.0 cm³/mol. The quantitative estimate of drug-likeness (QED) is 0.810. The van der Waals surface area contributed by atoms with Gasteiger partial charge in [-0.3, -0.25) is 14.5 Å². The summed E-state index contributed by atoms with van der Waals surface area (Å²) in [6.45, 7) is 1.30. The first kappa shape index (κ1) is 14.2. The van der Waals surface area contributed by atoms with E-state index < -0.39 is 17.6 Å². The topological polar surface area (TPSA) is 37.4 Å². The van der Waals surface area contributed by atoms with Crippen LogP contribution in [0.5, 0.6) is 0 Å². The molecular formula is C18H14FNO2. The van der Waals surface area contributed by atoms with Gasteiger partial charge in [-0.05, 0) is 30.2 Å². The third-order valence-electron chi connectivity index (χ3n) is 3.79. The van der Waals surface area contributed by atoms with Crippen LogP contribution in [0.15, 0.2) is 60.4 Å². The molecule has 1 aliphatic heterocycles. The van der Waals surface area contributed by atoms with Gasteiger partial charge < -0.3 is 0 Å². The Morgan fingerprint density at radius 2 is 1.41 bits per heavy atom. The Morgan fingerprint density at radius 3 is 1.95 bits per heavy atom. The molecule has 0 saturated heterocycles. The number of benzene rings is 2. The minimum absolute atomic E-state index is 0.331. The van der Waals surface area contributed by atoms with Crippen LogP contribution < -0.4 is 0 Å². The molecule has 1 heterocycles. The normalized spacial score (nSPS) is 14.9. The molecule has 110 valence electrons. The largest absolute Gasteiger partial charge is 0.269 e. The number of rotatable bonds is 3. The van der Waals surface area contributed by atoms with E-state index in [1.54, 1.807) is 43.3 Å². The van der Waals surface area contributed by atoms with Crippen LogP contribution in [-0.2, 0) is 0 Å². The molecule has 0 unspecified atom stereocenters. The van der Waals surface area contributed by atoms with Crippen molar-refractivity contribution in [3.05, 3.63) is 77.1 Å². The van der Waals surface area contributed by atoms with Gasteiger partial charge in [0.25, 0.3) is 11.8 Å². The Labute approximate surface area is 127 Å². The Kier molecular flexibility index (Phi) is 3.59. The molecular weight excluding hydrogens is 281 g/mol. The van der Waals surface area contributed by atoms with Gasteiger partial charge in [-0.25, -0.2) is 4.39 Å². The molecule has 3 nitrogen and oxygen atoms in total. The lowest BCUT2D eigenvalue weighted by molar-refractivity contribution is 0.0660. The summed E-state index contributed by atoms with van der Waals surface area (Å²) in [5.74, 6) is -1.38. The Morgan fingerprint density at radius 1 is 0.909 bits per heavy atom. The molecule has 1 aliphatic rings. The lowest BCUT2D eigenvalue weighted by atomic mass is 10.1. The second kappa shape index (κ2) is 5.56. The second-order valence-electron chi connectivity index (χ2n) is 5.14. The van der Waals surface area contributed by atoms with Crippen molar-refractivity contribution in [1.29, 1.82) is 0 Å². The smallest absolute Gasteiger partial charge is 0.261 e. The molecule has 0 aromatic heterocycles. The van der Waals surface area contributed by atoms with Gasteiger partial charge in [-0.15, -0.1) is 0 Å². The fourth-order valence-corrected chi connectivity index (χ4v) is 2.48. The van der Waals surface area contributed by atoms with Crippen molar-refractivity contribution >= 4 is 17.4 Å². The van der Waals surface area contributed by atoms with Gasteiger partial charge in [0.15, 0.2) is 0 Å².